The molecule has 0 amide bonds. The standard InChI is InChI=1S/C15H15NO2/c1-9-6-12-5-4-11(8-16)7-13(12)14(9)10(2)15(17)18-3/h4-5,7,10H,6H2,1-3H3. The Hall–Kier alpha value is -2.08. The predicted molar refractivity (Wildman–Crippen MR) is 68.6 cm³/mol. The second-order valence-electron chi connectivity index (χ2n) is 4.60. The van der Waals surface area contributed by atoms with Gasteiger partial charge in [0.2, 0.25) is 0 Å². The van der Waals surface area contributed by atoms with Crippen LogP contribution in [0.2, 0.25) is 0 Å². The third kappa shape index (κ3) is 1.91. The summed E-state index contributed by atoms with van der Waals surface area (Å²) in [6, 6.07) is 7.78. The van der Waals surface area contributed by atoms with Crippen molar-refractivity contribution in [3.8, 4) is 6.07 Å². The summed E-state index contributed by atoms with van der Waals surface area (Å²) in [4.78, 5) is 11.7. The lowest BCUT2D eigenvalue weighted by Gasteiger charge is -2.13. The van der Waals surface area contributed by atoms with Crippen molar-refractivity contribution in [1.82, 2.24) is 0 Å². The number of nitrogens with zero attached hydrogens (tertiary/aromatic N) is 1. The molecule has 1 aliphatic carbocycles. The van der Waals surface area contributed by atoms with Crippen molar-refractivity contribution in [1.29, 1.82) is 5.26 Å². The number of esters is 1. The summed E-state index contributed by atoms with van der Waals surface area (Å²) in [7, 11) is 1.40. The molecule has 0 N–H and O–H groups in total. The van der Waals surface area contributed by atoms with E-state index in [1.807, 2.05) is 32.0 Å². The summed E-state index contributed by atoms with van der Waals surface area (Å²) in [6.45, 7) is 3.87. The summed E-state index contributed by atoms with van der Waals surface area (Å²) in [5.74, 6) is -0.523. The smallest absolute Gasteiger partial charge is 0.312 e. The molecule has 0 radical (unpaired) electrons. The fourth-order valence-electron chi connectivity index (χ4n) is 2.56. The topological polar surface area (TPSA) is 50.1 Å². The van der Waals surface area contributed by atoms with Gasteiger partial charge in [0, 0.05) is 0 Å². The van der Waals surface area contributed by atoms with Crippen LogP contribution < -0.4 is 0 Å². The Labute approximate surface area is 107 Å². The lowest BCUT2D eigenvalue weighted by atomic mass is 9.93. The molecule has 0 aromatic heterocycles. The number of hydrogen-bond acceptors (Lipinski definition) is 3. The average molecular weight is 241 g/mol. The van der Waals surface area contributed by atoms with Crippen LogP contribution in [0.1, 0.15) is 30.5 Å². The number of methoxy groups -OCH3 is 1. The maximum absolute atomic E-state index is 11.7. The Morgan fingerprint density at radius 3 is 2.83 bits per heavy atom. The van der Waals surface area contributed by atoms with Gasteiger partial charge >= 0.3 is 5.97 Å². The molecule has 3 nitrogen and oxygen atoms in total. The van der Waals surface area contributed by atoms with E-state index < -0.39 is 0 Å². The van der Waals surface area contributed by atoms with Crippen LogP contribution in [0.5, 0.6) is 0 Å². The Bertz CT molecular complexity index is 579. The van der Waals surface area contributed by atoms with Crippen LogP contribution in [-0.2, 0) is 16.0 Å². The summed E-state index contributed by atoms with van der Waals surface area (Å²) in [5.41, 5.74) is 5.01. The SMILES string of the molecule is COC(=O)C(C)C1=C(C)Cc2ccc(C#N)cc21. The van der Waals surface area contributed by atoms with Gasteiger partial charge < -0.3 is 4.74 Å². The van der Waals surface area contributed by atoms with Gasteiger partial charge in [0.05, 0.1) is 24.7 Å². The van der Waals surface area contributed by atoms with Crippen LogP contribution >= 0.6 is 0 Å². The summed E-state index contributed by atoms with van der Waals surface area (Å²) in [6.07, 6.45) is 0.845. The first-order valence-electron chi connectivity index (χ1n) is 5.89. The zero-order valence-corrected chi connectivity index (χ0v) is 10.8. The minimum atomic E-state index is -0.287. The van der Waals surface area contributed by atoms with E-state index in [2.05, 4.69) is 6.07 Å². The highest BCUT2D eigenvalue weighted by Crippen LogP contribution is 2.38. The van der Waals surface area contributed by atoms with Crippen LogP contribution in [0.15, 0.2) is 23.8 Å². The number of hydrogen-bond donors (Lipinski definition) is 0. The first-order valence-corrected chi connectivity index (χ1v) is 5.89. The number of rotatable bonds is 2. The molecule has 92 valence electrons. The van der Waals surface area contributed by atoms with E-state index in [4.69, 9.17) is 10.00 Å². The third-order valence-electron chi connectivity index (χ3n) is 3.43. The summed E-state index contributed by atoms with van der Waals surface area (Å²) >= 11 is 0. The normalized spacial score (nSPS) is 15.0. The predicted octanol–water partition coefficient (Wildman–Crippen LogP) is 2.70. The van der Waals surface area contributed by atoms with E-state index in [1.165, 1.54) is 18.2 Å². The fourth-order valence-corrected chi connectivity index (χ4v) is 2.56. The maximum Gasteiger partial charge on any atom is 0.312 e. The Morgan fingerprint density at radius 1 is 1.50 bits per heavy atom. The van der Waals surface area contributed by atoms with Crippen LogP contribution in [0.25, 0.3) is 5.57 Å². The van der Waals surface area contributed by atoms with Crippen molar-refractivity contribution < 1.29 is 9.53 Å². The highest BCUT2D eigenvalue weighted by molar-refractivity contribution is 5.92. The maximum atomic E-state index is 11.7. The van der Waals surface area contributed by atoms with Gasteiger partial charge in [-0.1, -0.05) is 11.6 Å². The molecule has 1 aliphatic rings. The van der Waals surface area contributed by atoms with Gasteiger partial charge in [-0.2, -0.15) is 5.26 Å². The molecular weight excluding hydrogens is 226 g/mol. The number of allylic oxidation sites excluding steroid dienone is 1. The van der Waals surface area contributed by atoms with E-state index in [-0.39, 0.29) is 11.9 Å². The van der Waals surface area contributed by atoms with Gasteiger partial charge in [-0.05, 0) is 49.1 Å². The molecule has 0 heterocycles. The van der Waals surface area contributed by atoms with Crippen molar-refractivity contribution in [2.24, 2.45) is 5.92 Å². The van der Waals surface area contributed by atoms with Crippen molar-refractivity contribution >= 4 is 11.5 Å². The minimum absolute atomic E-state index is 0.237. The number of benzene rings is 1. The molecule has 1 aromatic carbocycles. The molecule has 1 aromatic rings. The van der Waals surface area contributed by atoms with Crippen molar-refractivity contribution in [2.45, 2.75) is 20.3 Å². The number of fused-ring (bicyclic) bond motifs is 1. The number of ether oxygens (including phenoxy) is 1. The lowest BCUT2D eigenvalue weighted by Crippen LogP contribution is -2.14. The lowest BCUT2D eigenvalue weighted by molar-refractivity contribution is -0.142. The van der Waals surface area contributed by atoms with Gasteiger partial charge in [0.25, 0.3) is 0 Å². The van der Waals surface area contributed by atoms with Gasteiger partial charge in [0.15, 0.2) is 0 Å². The molecule has 18 heavy (non-hydrogen) atoms. The molecule has 0 saturated carbocycles. The number of carbonyl (C=O) groups excluding carboxylic acids is 1. The van der Waals surface area contributed by atoms with Crippen molar-refractivity contribution in [3.05, 3.63) is 40.5 Å². The molecule has 3 heteroatoms. The van der Waals surface area contributed by atoms with E-state index in [0.717, 1.165) is 17.6 Å². The van der Waals surface area contributed by atoms with Crippen LogP contribution in [0.4, 0.5) is 0 Å². The van der Waals surface area contributed by atoms with E-state index in [9.17, 15) is 4.79 Å². The van der Waals surface area contributed by atoms with E-state index >= 15 is 0 Å². The van der Waals surface area contributed by atoms with Crippen LogP contribution in [0.3, 0.4) is 0 Å². The highest BCUT2D eigenvalue weighted by atomic mass is 16.5. The molecule has 1 unspecified atom stereocenters. The fraction of sp³-hybridized carbons (Fsp3) is 0.333. The Morgan fingerprint density at radius 2 is 2.22 bits per heavy atom. The molecule has 0 fully saturated rings. The Balaban J connectivity index is 2.49. The number of carbonyl (C=O) groups is 1. The average Bonchev–Trinajstić information content (AvgIpc) is 2.71. The highest BCUT2D eigenvalue weighted by Gasteiger charge is 2.28. The Kier molecular flexibility index (Phi) is 3.20. The minimum Gasteiger partial charge on any atom is -0.469 e. The molecule has 1 atom stereocenters. The molecule has 2 rings (SSSR count). The largest absolute Gasteiger partial charge is 0.469 e. The van der Waals surface area contributed by atoms with Gasteiger partial charge in [-0.25, -0.2) is 0 Å². The molecular formula is C15H15NO2. The van der Waals surface area contributed by atoms with Crippen molar-refractivity contribution in [2.75, 3.05) is 7.11 Å². The van der Waals surface area contributed by atoms with E-state index in [0.29, 0.717) is 5.56 Å². The zero-order valence-electron chi connectivity index (χ0n) is 10.8. The van der Waals surface area contributed by atoms with E-state index in [1.54, 1.807) is 0 Å². The summed E-state index contributed by atoms with van der Waals surface area (Å²) < 4.78 is 4.81. The first kappa shape index (κ1) is 12.4. The van der Waals surface area contributed by atoms with Crippen LogP contribution in [0, 0.1) is 17.2 Å². The number of nitriles is 1. The third-order valence-corrected chi connectivity index (χ3v) is 3.43. The van der Waals surface area contributed by atoms with Gasteiger partial charge in [-0.3, -0.25) is 4.79 Å². The van der Waals surface area contributed by atoms with Gasteiger partial charge in [0.1, 0.15) is 0 Å². The monoisotopic (exact) mass is 241 g/mol. The molecule has 0 aliphatic heterocycles. The van der Waals surface area contributed by atoms with Crippen LogP contribution in [-0.4, -0.2) is 13.1 Å². The quantitative estimate of drug-likeness (QED) is 0.748. The zero-order chi connectivity index (χ0) is 13.3. The van der Waals surface area contributed by atoms with Gasteiger partial charge in [-0.15, -0.1) is 0 Å². The second kappa shape index (κ2) is 4.66. The molecule has 0 spiro atoms. The first-order chi connectivity index (χ1) is 8.58. The molecule has 0 saturated heterocycles. The summed E-state index contributed by atoms with van der Waals surface area (Å²) in [5, 5.41) is 8.96. The van der Waals surface area contributed by atoms with Crippen molar-refractivity contribution in [3.63, 3.8) is 0 Å². The second-order valence-corrected chi connectivity index (χ2v) is 4.60. The molecule has 0 bridgehead atoms.